The smallest absolute Gasteiger partial charge is 0.338 e. The van der Waals surface area contributed by atoms with Gasteiger partial charge in [-0.25, -0.2) is 9.59 Å². The van der Waals surface area contributed by atoms with Gasteiger partial charge in [0.2, 0.25) is 0 Å². The predicted molar refractivity (Wildman–Crippen MR) is 96.6 cm³/mol. The van der Waals surface area contributed by atoms with Crippen LogP contribution in [0, 0.1) is 0 Å². The molecule has 6 heteroatoms. The Hall–Kier alpha value is -2.89. The first kappa shape index (κ1) is 18.4. The van der Waals surface area contributed by atoms with Crippen molar-refractivity contribution in [2.75, 3.05) is 18.5 Å². The summed E-state index contributed by atoms with van der Waals surface area (Å²) in [5.41, 5.74) is 2.01. The van der Waals surface area contributed by atoms with Gasteiger partial charge in [0.15, 0.2) is 0 Å². The fourth-order valence-electron chi connectivity index (χ4n) is 2.11. The summed E-state index contributed by atoms with van der Waals surface area (Å²) in [6, 6.07) is 12.0. The summed E-state index contributed by atoms with van der Waals surface area (Å²) in [6.45, 7) is 2.95. The molecule has 0 aliphatic rings. The minimum atomic E-state index is -0.347. The number of unbranched alkanes of at least 4 members (excludes halogenated alkanes) is 1. The first-order valence-electron chi connectivity index (χ1n) is 8.41. The van der Waals surface area contributed by atoms with Crippen LogP contribution in [0.2, 0.25) is 0 Å². The van der Waals surface area contributed by atoms with Crippen molar-refractivity contribution < 1.29 is 14.3 Å². The molecule has 0 aliphatic carbocycles. The van der Waals surface area contributed by atoms with Crippen molar-refractivity contribution in [1.29, 1.82) is 0 Å². The summed E-state index contributed by atoms with van der Waals surface area (Å²) >= 11 is 0. The first-order chi connectivity index (χ1) is 12.2. The van der Waals surface area contributed by atoms with Gasteiger partial charge in [0.1, 0.15) is 0 Å². The van der Waals surface area contributed by atoms with Crippen LogP contribution in [0.15, 0.2) is 48.7 Å². The summed E-state index contributed by atoms with van der Waals surface area (Å²) in [7, 11) is 0. The number of carbonyl (C=O) groups excluding carboxylic acids is 2. The van der Waals surface area contributed by atoms with Crippen molar-refractivity contribution >= 4 is 17.7 Å². The zero-order valence-electron chi connectivity index (χ0n) is 14.3. The largest absolute Gasteiger partial charge is 0.462 e. The average molecular weight is 341 g/mol. The molecule has 0 fully saturated rings. The molecule has 1 aromatic heterocycles. The number of hydrogen-bond donors (Lipinski definition) is 2. The number of hydrogen-bond acceptors (Lipinski definition) is 4. The third kappa shape index (κ3) is 6.63. The Balaban J connectivity index is 1.74. The Morgan fingerprint density at radius 2 is 1.92 bits per heavy atom. The second-order valence-corrected chi connectivity index (χ2v) is 5.52. The highest BCUT2D eigenvalue weighted by Gasteiger charge is 2.07. The maximum absolute atomic E-state index is 11.9. The number of urea groups is 1. The van der Waals surface area contributed by atoms with Gasteiger partial charge in [-0.3, -0.25) is 4.98 Å². The standard InChI is InChI=1S/C19H23N3O3/c1-2-3-14-25-18(23)15-7-9-17(10-8-15)22-19(24)21-13-11-16-6-4-5-12-20-16/h4-10,12H,2-3,11,13-14H2,1H3,(H2,21,22,24). The molecule has 0 saturated carbocycles. The van der Waals surface area contributed by atoms with Gasteiger partial charge in [0.25, 0.3) is 0 Å². The lowest BCUT2D eigenvalue weighted by Gasteiger charge is -2.08. The molecule has 25 heavy (non-hydrogen) atoms. The molecular formula is C19H23N3O3. The Kier molecular flexibility index (Phi) is 7.43. The summed E-state index contributed by atoms with van der Waals surface area (Å²) in [5.74, 6) is -0.347. The first-order valence-corrected chi connectivity index (χ1v) is 8.41. The predicted octanol–water partition coefficient (Wildman–Crippen LogP) is 3.40. The Morgan fingerprint density at radius 1 is 1.12 bits per heavy atom. The van der Waals surface area contributed by atoms with Crippen molar-refractivity contribution in [1.82, 2.24) is 10.3 Å². The van der Waals surface area contributed by atoms with E-state index in [2.05, 4.69) is 15.6 Å². The number of nitrogens with one attached hydrogen (secondary N) is 2. The van der Waals surface area contributed by atoms with E-state index in [9.17, 15) is 9.59 Å². The van der Waals surface area contributed by atoms with Gasteiger partial charge >= 0.3 is 12.0 Å². The number of pyridine rings is 1. The van der Waals surface area contributed by atoms with Gasteiger partial charge < -0.3 is 15.4 Å². The molecule has 0 spiro atoms. The van der Waals surface area contributed by atoms with Crippen molar-refractivity contribution in [3.8, 4) is 0 Å². The van der Waals surface area contributed by atoms with Crippen LogP contribution >= 0.6 is 0 Å². The van der Waals surface area contributed by atoms with Crippen molar-refractivity contribution in [3.63, 3.8) is 0 Å². The number of nitrogens with zero attached hydrogens (tertiary/aromatic N) is 1. The van der Waals surface area contributed by atoms with Gasteiger partial charge in [0, 0.05) is 30.5 Å². The summed E-state index contributed by atoms with van der Waals surface area (Å²) in [5, 5.41) is 5.49. The summed E-state index contributed by atoms with van der Waals surface area (Å²) < 4.78 is 5.14. The molecule has 1 aromatic carbocycles. The van der Waals surface area contributed by atoms with Crippen LogP contribution in [0.1, 0.15) is 35.8 Å². The quantitative estimate of drug-likeness (QED) is 0.569. The van der Waals surface area contributed by atoms with E-state index in [1.165, 1.54) is 0 Å². The van der Waals surface area contributed by atoms with E-state index in [1.807, 2.05) is 25.1 Å². The zero-order chi connectivity index (χ0) is 17.9. The molecule has 0 unspecified atom stereocenters. The normalized spacial score (nSPS) is 10.1. The van der Waals surface area contributed by atoms with Gasteiger partial charge in [-0.15, -0.1) is 0 Å². The second-order valence-electron chi connectivity index (χ2n) is 5.52. The number of rotatable bonds is 8. The highest BCUT2D eigenvalue weighted by Crippen LogP contribution is 2.10. The molecule has 6 nitrogen and oxygen atoms in total. The van der Waals surface area contributed by atoms with Gasteiger partial charge in [0.05, 0.1) is 12.2 Å². The van der Waals surface area contributed by atoms with E-state index in [4.69, 9.17) is 4.74 Å². The van der Waals surface area contributed by atoms with Crippen LogP contribution in [0.5, 0.6) is 0 Å². The summed E-state index contributed by atoms with van der Waals surface area (Å²) in [4.78, 5) is 27.9. The van der Waals surface area contributed by atoms with Crippen LogP contribution in [0.25, 0.3) is 0 Å². The minimum Gasteiger partial charge on any atom is -0.462 e. The lowest BCUT2D eigenvalue weighted by Crippen LogP contribution is -2.30. The number of anilines is 1. The number of esters is 1. The molecule has 0 atom stereocenters. The molecule has 0 aliphatic heterocycles. The molecule has 2 N–H and O–H groups in total. The van der Waals surface area contributed by atoms with E-state index >= 15 is 0 Å². The molecule has 0 bridgehead atoms. The molecule has 2 rings (SSSR count). The minimum absolute atomic E-state index is 0.297. The number of aromatic nitrogens is 1. The monoisotopic (exact) mass is 341 g/mol. The Bertz CT molecular complexity index is 672. The van der Waals surface area contributed by atoms with Crippen LogP contribution in [0.3, 0.4) is 0 Å². The Morgan fingerprint density at radius 3 is 2.60 bits per heavy atom. The lowest BCUT2D eigenvalue weighted by molar-refractivity contribution is 0.0500. The van der Waals surface area contributed by atoms with Crippen molar-refractivity contribution in [3.05, 3.63) is 59.9 Å². The second kappa shape index (κ2) is 10.1. The van der Waals surface area contributed by atoms with Crippen molar-refractivity contribution in [2.24, 2.45) is 0 Å². The topological polar surface area (TPSA) is 80.3 Å². The van der Waals surface area contributed by atoms with Crippen LogP contribution in [0.4, 0.5) is 10.5 Å². The average Bonchev–Trinajstić information content (AvgIpc) is 2.63. The molecule has 0 saturated heterocycles. The SMILES string of the molecule is CCCCOC(=O)c1ccc(NC(=O)NCCc2ccccn2)cc1. The van der Waals surface area contributed by atoms with Crippen LogP contribution < -0.4 is 10.6 Å². The molecule has 2 amide bonds. The number of benzene rings is 1. The zero-order valence-corrected chi connectivity index (χ0v) is 14.3. The molecule has 132 valence electrons. The molecular weight excluding hydrogens is 318 g/mol. The van der Waals surface area contributed by atoms with Crippen LogP contribution in [-0.4, -0.2) is 30.1 Å². The number of ether oxygens (including phenoxy) is 1. The fraction of sp³-hybridized carbons (Fsp3) is 0.316. The maximum Gasteiger partial charge on any atom is 0.338 e. The summed E-state index contributed by atoms with van der Waals surface area (Å²) in [6.07, 6.45) is 4.22. The van der Waals surface area contributed by atoms with E-state index < -0.39 is 0 Å². The number of amides is 2. The van der Waals surface area contributed by atoms with Gasteiger partial charge in [-0.2, -0.15) is 0 Å². The fourth-order valence-corrected chi connectivity index (χ4v) is 2.11. The third-order valence-corrected chi connectivity index (χ3v) is 3.50. The highest BCUT2D eigenvalue weighted by molar-refractivity contribution is 5.92. The van der Waals surface area contributed by atoms with Crippen LogP contribution in [-0.2, 0) is 11.2 Å². The maximum atomic E-state index is 11.9. The van der Waals surface area contributed by atoms with Gasteiger partial charge in [-0.1, -0.05) is 19.4 Å². The molecule has 1 heterocycles. The Labute approximate surface area is 147 Å². The van der Waals surface area contributed by atoms with Crippen molar-refractivity contribution in [2.45, 2.75) is 26.2 Å². The van der Waals surface area contributed by atoms with E-state index in [0.717, 1.165) is 18.5 Å². The molecule has 0 radical (unpaired) electrons. The lowest BCUT2D eigenvalue weighted by atomic mass is 10.2. The third-order valence-electron chi connectivity index (χ3n) is 3.50. The molecule has 2 aromatic rings. The highest BCUT2D eigenvalue weighted by atomic mass is 16.5. The number of carbonyl (C=O) groups is 2. The van der Waals surface area contributed by atoms with E-state index in [1.54, 1.807) is 30.5 Å². The van der Waals surface area contributed by atoms with E-state index in [-0.39, 0.29) is 12.0 Å². The van der Waals surface area contributed by atoms with Gasteiger partial charge in [-0.05, 0) is 42.8 Å². The van der Waals surface area contributed by atoms with E-state index in [0.29, 0.717) is 30.8 Å².